The van der Waals surface area contributed by atoms with Crippen LogP contribution < -0.4 is 30.2 Å². The molecule has 0 radical (unpaired) electrons. The van der Waals surface area contributed by atoms with Gasteiger partial charge in [0.2, 0.25) is 0 Å². The summed E-state index contributed by atoms with van der Waals surface area (Å²) in [4.78, 5) is 76.8. The minimum atomic E-state index is -4.67. The van der Waals surface area contributed by atoms with Gasteiger partial charge < -0.3 is 30.2 Å². The summed E-state index contributed by atoms with van der Waals surface area (Å²) in [5.74, 6) is 2.16. The van der Waals surface area contributed by atoms with E-state index in [4.69, 9.17) is 49.0 Å². The number of aryl methyl sites for hydroxylation is 1. The van der Waals surface area contributed by atoms with Crippen molar-refractivity contribution in [3.63, 3.8) is 0 Å². The molecule has 0 unspecified atom stereocenters. The first-order valence-corrected chi connectivity index (χ1v) is 33.4. The zero-order valence-electron chi connectivity index (χ0n) is 56.2. The molecule has 9 aromatic carbocycles. The predicted octanol–water partition coefficient (Wildman–Crippen LogP) is 20.8. The number of aromatic nitrogens is 11. The fraction of sp³-hybridized carbons (Fsp3) is 0.0513. The van der Waals surface area contributed by atoms with Gasteiger partial charge >= 0.3 is 18.5 Å². The highest BCUT2D eigenvalue weighted by molar-refractivity contribution is 6.32. The molecule has 20 nitrogen and oxygen atoms in total. The lowest BCUT2D eigenvalue weighted by Gasteiger charge is -2.12. The lowest BCUT2D eigenvalue weighted by Crippen LogP contribution is -2.14. The summed E-state index contributed by atoms with van der Waals surface area (Å²) in [7, 11) is 0. The SMILES string of the molecule is Cc1cn(-c2cnc3ccc(Oc4ccc(NC(=O)c5ccc(Cl)c(C(F)(F)F)c5)cc4)cc3n2)cn1.O=C(Nc1ccc(Oc2ccc3ncc(-c4cccnc4)nc3c2)cc1)c1ccc(Cl)c(C(F)(F)F)c1.O=C(Nc1ccc(Oc2ccc3ncc(-n4ccnc4)nc3c2)cc1)c1ccc(Cl)c(C(F)(F)F)c1. The minimum absolute atomic E-state index is 0.167. The third kappa shape index (κ3) is 18.5. The van der Waals surface area contributed by atoms with Crippen LogP contribution in [0.5, 0.6) is 34.5 Å². The average molecular weight is 1550 g/mol. The van der Waals surface area contributed by atoms with Gasteiger partial charge in [0, 0.05) is 88.5 Å². The first-order chi connectivity index (χ1) is 52.7. The van der Waals surface area contributed by atoms with E-state index in [0.717, 1.165) is 47.7 Å². The summed E-state index contributed by atoms with van der Waals surface area (Å²) in [5, 5.41) is 6.27. The maximum Gasteiger partial charge on any atom is 0.417 e. The van der Waals surface area contributed by atoms with Gasteiger partial charge in [-0.1, -0.05) is 34.8 Å². The molecule has 110 heavy (non-hydrogen) atoms. The Balaban J connectivity index is 0.000000145. The predicted molar refractivity (Wildman–Crippen MR) is 394 cm³/mol. The largest absolute Gasteiger partial charge is 0.457 e. The second kappa shape index (κ2) is 32.0. The van der Waals surface area contributed by atoms with Crippen molar-refractivity contribution in [2.45, 2.75) is 25.5 Å². The molecular formula is C78H48Cl3F9N14O6. The number of nitrogens with zero attached hydrogens (tertiary/aromatic N) is 11. The van der Waals surface area contributed by atoms with Gasteiger partial charge in [-0.15, -0.1) is 0 Å². The van der Waals surface area contributed by atoms with Crippen LogP contribution in [0.2, 0.25) is 15.1 Å². The number of nitrogens with one attached hydrogen (secondary N) is 3. The Labute approximate surface area is 630 Å². The van der Waals surface area contributed by atoms with E-state index < -0.39 is 68.0 Å². The van der Waals surface area contributed by atoms with Crippen molar-refractivity contribution in [3.05, 3.63) is 310 Å². The second-order valence-corrected chi connectivity index (χ2v) is 24.8. The van der Waals surface area contributed by atoms with Crippen LogP contribution in [0.1, 0.15) is 53.5 Å². The molecule has 3 amide bonds. The summed E-state index contributed by atoms with van der Waals surface area (Å²) < 4.78 is 139. The van der Waals surface area contributed by atoms with E-state index in [-0.39, 0.29) is 16.7 Å². The fourth-order valence-electron chi connectivity index (χ4n) is 10.5. The molecule has 3 N–H and O–H groups in total. The highest BCUT2D eigenvalue weighted by Gasteiger charge is 2.36. The zero-order valence-corrected chi connectivity index (χ0v) is 58.4. The van der Waals surface area contributed by atoms with Crippen LogP contribution >= 0.6 is 34.8 Å². The quantitative estimate of drug-likeness (QED) is 0.0809. The lowest BCUT2D eigenvalue weighted by atomic mass is 10.1. The first-order valence-electron chi connectivity index (χ1n) is 32.3. The third-order valence-corrected chi connectivity index (χ3v) is 16.9. The van der Waals surface area contributed by atoms with Crippen LogP contribution in [0, 0.1) is 6.92 Å². The molecule has 550 valence electrons. The number of halogens is 12. The van der Waals surface area contributed by atoms with Crippen molar-refractivity contribution < 1.29 is 68.1 Å². The van der Waals surface area contributed by atoms with Crippen molar-refractivity contribution >= 4 is 103 Å². The lowest BCUT2D eigenvalue weighted by molar-refractivity contribution is -0.138. The van der Waals surface area contributed by atoms with Crippen LogP contribution in [0.25, 0.3) is 56.0 Å². The smallest absolute Gasteiger partial charge is 0.417 e. The van der Waals surface area contributed by atoms with Crippen LogP contribution in [-0.2, 0) is 18.5 Å². The van der Waals surface area contributed by atoms with Gasteiger partial charge in [0.15, 0.2) is 11.6 Å². The maximum absolute atomic E-state index is 13.1. The Morgan fingerprint density at radius 2 is 0.764 bits per heavy atom. The molecule has 15 rings (SSSR count). The molecule has 0 atom stereocenters. The van der Waals surface area contributed by atoms with Crippen molar-refractivity contribution in [2.75, 3.05) is 16.0 Å². The minimum Gasteiger partial charge on any atom is -0.457 e. The first kappa shape index (κ1) is 74.9. The van der Waals surface area contributed by atoms with Gasteiger partial charge in [-0.05, 0) is 183 Å². The molecule has 0 saturated carbocycles. The van der Waals surface area contributed by atoms with Gasteiger partial charge in [0.05, 0.1) is 94.8 Å². The van der Waals surface area contributed by atoms with E-state index in [1.165, 1.54) is 18.2 Å². The molecule has 0 spiro atoms. The molecule has 6 heterocycles. The number of amides is 3. The van der Waals surface area contributed by atoms with Crippen molar-refractivity contribution in [1.82, 2.24) is 54.0 Å². The Kier molecular flexibility index (Phi) is 21.8. The van der Waals surface area contributed by atoms with Gasteiger partial charge in [0.1, 0.15) is 47.2 Å². The number of hydrogen-bond donors (Lipinski definition) is 3. The highest BCUT2D eigenvalue weighted by Crippen LogP contribution is 2.39. The molecule has 0 bridgehead atoms. The number of hydrogen-bond acceptors (Lipinski definition) is 15. The number of alkyl halides is 9. The highest BCUT2D eigenvalue weighted by atomic mass is 35.5. The van der Waals surface area contributed by atoms with Crippen molar-refractivity contribution in [2.24, 2.45) is 0 Å². The molecule has 0 fully saturated rings. The van der Waals surface area contributed by atoms with Crippen LogP contribution in [0.4, 0.5) is 56.6 Å². The summed E-state index contributed by atoms with van der Waals surface area (Å²) in [6, 6.07) is 47.8. The number of anilines is 3. The Bertz CT molecular complexity index is 5910. The molecule has 15 aromatic rings. The number of carbonyl (C=O) groups excluding carboxylic acids is 3. The molecular weight excluding hydrogens is 1510 g/mol. The average Bonchev–Trinajstić information content (AvgIpc) is 1.00. The van der Waals surface area contributed by atoms with Crippen LogP contribution in [0.15, 0.2) is 256 Å². The number of carbonyl (C=O) groups is 3. The van der Waals surface area contributed by atoms with Gasteiger partial charge in [-0.2, -0.15) is 39.5 Å². The zero-order chi connectivity index (χ0) is 77.4. The van der Waals surface area contributed by atoms with Gasteiger partial charge in [0.25, 0.3) is 17.7 Å². The van der Waals surface area contributed by atoms with E-state index in [9.17, 15) is 53.9 Å². The summed E-state index contributed by atoms with van der Waals surface area (Å²) in [6.07, 6.45) is 2.92. The van der Waals surface area contributed by atoms with Crippen molar-refractivity contribution in [1.29, 1.82) is 0 Å². The number of benzene rings is 9. The maximum atomic E-state index is 13.1. The topological polar surface area (TPSA) is 241 Å². The van der Waals surface area contributed by atoms with Crippen LogP contribution in [0.3, 0.4) is 0 Å². The molecule has 0 saturated heterocycles. The third-order valence-electron chi connectivity index (χ3n) is 15.9. The van der Waals surface area contributed by atoms with E-state index >= 15 is 0 Å². The number of pyridine rings is 1. The fourth-order valence-corrected chi connectivity index (χ4v) is 11.2. The number of fused-ring (bicyclic) bond motifs is 3. The summed E-state index contributed by atoms with van der Waals surface area (Å²) >= 11 is 16.9. The number of imidazole rings is 2. The molecule has 0 aliphatic carbocycles. The molecule has 32 heteroatoms. The molecule has 6 aromatic heterocycles. The van der Waals surface area contributed by atoms with E-state index in [1.807, 2.05) is 25.3 Å². The standard InChI is InChI=1S/C27H16ClF3N4O2.C26H17ClF3N5O2.C25H15ClF3N5O2/c28-22-9-3-16(12-21(22)27(29,30)31)26(36)34-18-4-6-19(7-5-18)37-20-8-10-23-24(13-20)35-25(15-33-23)17-2-1-11-32-14-17;1-15-13-35(14-32-15)24-12-31-22-9-7-19(11-23(22)34-24)37-18-5-3-17(4-6-18)33-25(36)16-2-8-21(27)20(10-16)26(28,29)30;26-20-7-1-15(11-19(20)25(27,28)29)24(35)32-16-2-4-17(5-3-16)36-18-6-8-21-22(12-18)33-23(13-31-21)34-10-9-30-14-34/h1-15H,(H,34,36);2-14H,1H3,(H,33,36);1-14H,(H,32,35). The monoisotopic (exact) mass is 1550 g/mol. The molecule has 0 aliphatic heterocycles. The Morgan fingerprint density at radius 3 is 1.12 bits per heavy atom. The summed E-state index contributed by atoms with van der Waals surface area (Å²) in [5.41, 5.74) is 3.80. The van der Waals surface area contributed by atoms with E-state index in [2.05, 4.69) is 60.8 Å². The normalized spacial score (nSPS) is 11.4. The van der Waals surface area contributed by atoms with Gasteiger partial charge in [-0.3, -0.25) is 43.5 Å². The Hall–Kier alpha value is -13.4. The summed E-state index contributed by atoms with van der Waals surface area (Å²) in [6.45, 7) is 1.88. The van der Waals surface area contributed by atoms with E-state index in [1.54, 1.807) is 193 Å². The van der Waals surface area contributed by atoms with Gasteiger partial charge in [-0.25, -0.2) is 24.9 Å². The Morgan fingerprint density at radius 1 is 0.382 bits per heavy atom. The van der Waals surface area contributed by atoms with Crippen molar-refractivity contribution in [3.8, 4) is 57.4 Å². The number of rotatable bonds is 15. The molecule has 0 aliphatic rings. The van der Waals surface area contributed by atoms with E-state index in [0.29, 0.717) is 102 Å². The van der Waals surface area contributed by atoms with Crippen LogP contribution in [-0.4, -0.2) is 71.7 Å². The number of ether oxygens (including phenoxy) is 3. The second-order valence-electron chi connectivity index (χ2n) is 23.6.